The van der Waals surface area contributed by atoms with Gasteiger partial charge in [0.25, 0.3) is 0 Å². The van der Waals surface area contributed by atoms with E-state index < -0.39 is 5.97 Å². The van der Waals surface area contributed by atoms with Gasteiger partial charge in [-0.25, -0.2) is 4.79 Å². The smallest absolute Gasteiger partial charge is 0.342 e. The van der Waals surface area contributed by atoms with Crippen LogP contribution in [0.1, 0.15) is 53.4 Å². The summed E-state index contributed by atoms with van der Waals surface area (Å²) in [5.41, 5.74) is 9.95. The van der Waals surface area contributed by atoms with Crippen LogP contribution in [0.15, 0.2) is 96.6 Å². The number of carbonyl (C=O) groups is 2. The summed E-state index contributed by atoms with van der Waals surface area (Å²) in [5.74, 6) is -0.853. The van der Waals surface area contributed by atoms with Crippen molar-refractivity contribution in [3.05, 3.63) is 124 Å². The molecule has 4 aromatic carbocycles. The van der Waals surface area contributed by atoms with E-state index in [1.807, 2.05) is 48.5 Å². The number of carbonyl (C=O) groups excluding carboxylic acids is 2. The van der Waals surface area contributed by atoms with Gasteiger partial charge in [0, 0.05) is 16.6 Å². The van der Waals surface area contributed by atoms with Crippen molar-refractivity contribution in [2.45, 2.75) is 26.2 Å². The SMILES string of the molecule is CCOC(=O)C1=C(c2ccccc2)c2ccc(-c3ccc4c(c3)C(C)(C)c3ccccc3-4)cc2C1=O. The largest absolute Gasteiger partial charge is 0.462 e. The van der Waals surface area contributed by atoms with Crippen LogP contribution < -0.4 is 0 Å². The Labute approximate surface area is 211 Å². The molecule has 0 radical (unpaired) electrons. The molecule has 0 bridgehead atoms. The number of fused-ring (bicyclic) bond motifs is 4. The van der Waals surface area contributed by atoms with Gasteiger partial charge in [0.1, 0.15) is 5.57 Å². The molecule has 0 heterocycles. The van der Waals surface area contributed by atoms with Gasteiger partial charge < -0.3 is 4.74 Å². The maximum Gasteiger partial charge on any atom is 0.342 e. The number of ether oxygens (including phenoxy) is 1. The first kappa shape index (κ1) is 22.2. The summed E-state index contributed by atoms with van der Waals surface area (Å²) >= 11 is 0. The molecule has 0 atom stereocenters. The van der Waals surface area contributed by atoms with Gasteiger partial charge in [0.05, 0.1) is 6.61 Å². The number of Topliss-reactive ketones (excluding diaryl/α,β-unsaturated/α-hetero) is 1. The molecule has 0 spiro atoms. The zero-order valence-corrected chi connectivity index (χ0v) is 20.6. The van der Waals surface area contributed by atoms with Crippen LogP contribution in [0.3, 0.4) is 0 Å². The van der Waals surface area contributed by atoms with Crippen LogP contribution in [0.2, 0.25) is 0 Å². The lowest BCUT2D eigenvalue weighted by atomic mass is 9.81. The first-order valence-corrected chi connectivity index (χ1v) is 12.3. The summed E-state index contributed by atoms with van der Waals surface area (Å²) < 4.78 is 5.28. The van der Waals surface area contributed by atoms with Crippen LogP contribution in [0.5, 0.6) is 0 Å². The lowest BCUT2D eigenvalue weighted by molar-refractivity contribution is -0.137. The van der Waals surface area contributed by atoms with Gasteiger partial charge in [-0.3, -0.25) is 4.79 Å². The second-order valence-electron chi connectivity index (χ2n) is 9.86. The van der Waals surface area contributed by atoms with E-state index in [4.69, 9.17) is 4.74 Å². The normalized spacial score (nSPS) is 14.9. The first-order valence-electron chi connectivity index (χ1n) is 12.3. The topological polar surface area (TPSA) is 43.4 Å². The Morgan fingerprint density at radius 3 is 2.08 bits per heavy atom. The van der Waals surface area contributed by atoms with E-state index in [0.29, 0.717) is 11.1 Å². The van der Waals surface area contributed by atoms with Gasteiger partial charge in [-0.05, 0) is 63.6 Å². The molecule has 176 valence electrons. The van der Waals surface area contributed by atoms with E-state index in [0.717, 1.165) is 22.3 Å². The Hall–Kier alpha value is -4.24. The van der Waals surface area contributed by atoms with Crippen LogP contribution in [-0.4, -0.2) is 18.4 Å². The summed E-state index contributed by atoms with van der Waals surface area (Å²) in [7, 11) is 0. The first-order chi connectivity index (χ1) is 17.4. The van der Waals surface area contributed by atoms with Gasteiger partial charge in [-0.2, -0.15) is 0 Å². The summed E-state index contributed by atoms with van der Waals surface area (Å²) in [5, 5.41) is 0. The Kier molecular flexibility index (Phi) is 5.04. The highest BCUT2D eigenvalue weighted by Crippen LogP contribution is 2.49. The van der Waals surface area contributed by atoms with Crippen LogP contribution in [0.25, 0.3) is 27.8 Å². The van der Waals surface area contributed by atoms with E-state index in [-0.39, 0.29) is 23.4 Å². The standard InChI is InChI=1S/C33H26O3/c1-4-36-32(35)30-29(20-10-6-5-7-11-20)25-17-15-21(18-26(25)31(30)34)22-14-16-24-23-12-8-9-13-27(23)33(2,3)28(24)19-22/h5-19H,4H2,1-3H3. The highest BCUT2D eigenvalue weighted by molar-refractivity contribution is 6.35. The number of hydrogen-bond donors (Lipinski definition) is 0. The van der Waals surface area contributed by atoms with Gasteiger partial charge in [-0.15, -0.1) is 0 Å². The lowest BCUT2D eigenvalue weighted by Gasteiger charge is -2.22. The molecule has 0 amide bonds. The van der Waals surface area contributed by atoms with Crippen LogP contribution in [0, 0.1) is 0 Å². The van der Waals surface area contributed by atoms with Crippen molar-refractivity contribution in [2.24, 2.45) is 0 Å². The van der Waals surface area contributed by atoms with E-state index in [2.05, 4.69) is 56.3 Å². The van der Waals surface area contributed by atoms with Gasteiger partial charge >= 0.3 is 5.97 Å². The quantitative estimate of drug-likeness (QED) is 0.234. The average molecular weight is 471 g/mol. The molecule has 0 fully saturated rings. The van der Waals surface area contributed by atoms with Crippen molar-refractivity contribution in [2.75, 3.05) is 6.61 Å². The highest BCUT2D eigenvalue weighted by atomic mass is 16.5. The minimum Gasteiger partial charge on any atom is -0.462 e. The fourth-order valence-electron chi connectivity index (χ4n) is 5.70. The van der Waals surface area contributed by atoms with Crippen molar-refractivity contribution >= 4 is 17.3 Å². The van der Waals surface area contributed by atoms with Crippen molar-refractivity contribution in [3.8, 4) is 22.3 Å². The fourth-order valence-corrected chi connectivity index (χ4v) is 5.70. The maximum absolute atomic E-state index is 13.6. The third-order valence-electron chi connectivity index (χ3n) is 7.47. The lowest BCUT2D eigenvalue weighted by Crippen LogP contribution is -2.15. The average Bonchev–Trinajstić information content (AvgIpc) is 3.32. The Bertz CT molecular complexity index is 1590. The molecule has 0 saturated carbocycles. The molecular formula is C33H26O3. The minimum atomic E-state index is -0.573. The van der Waals surface area contributed by atoms with Crippen LogP contribution >= 0.6 is 0 Å². The molecule has 0 aliphatic heterocycles. The predicted molar refractivity (Wildman–Crippen MR) is 143 cm³/mol. The van der Waals surface area contributed by atoms with Gasteiger partial charge in [0.15, 0.2) is 0 Å². The summed E-state index contributed by atoms with van der Waals surface area (Å²) in [6.45, 7) is 6.48. The minimum absolute atomic E-state index is 0.104. The van der Waals surface area contributed by atoms with Gasteiger partial charge in [-0.1, -0.05) is 92.7 Å². The summed E-state index contributed by atoms with van der Waals surface area (Å²) in [6, 6.07) is 30.6. The van der Waals surface area contributed by atoms with E-state index in [1.54, 1.807) is 6.92 Å². The number of hydrogen-bond acceptors (Lipinski definition) is 3. The molecular weight excluding hydrogens is 444 g/mol. The van der Waals surface area contributed by atoms with E-state index >= 15 is 0 Å². The molecule has 36 heavy (non-hydrogen) atoms. The third kappa shape index (κ3) is 3.20. The third-order valence-corrected chi connectivity index (χ3v) is 7.47. The molecule has 2 aliphatic rings. The molecule has 0 saturated heterocycles. The second-order valence-corrected chi connectivity index (χ2v) is 9.86. The Balaban J connectivity index is 1.46. The molecule has 0 unspecified atom stereocenters. The molecule has 0 N–H and O–H groups in total. The van der Waals surface area contributed by atoms with E-state index in [1.165, 1.54) is 22.3 Å². The number of ketones is 1. The van der Waals surface area contributed by atoms with Crippen molar-refractivity contribution in [1.82, 2.24) is 0 Å². The summed E-state index contributed by atoms with van der Waals surface area (Å²) in [4.78, 5) is 26.4. The van der Waals surface area contributed by atoms with Crippen LogP contribution in [-0.2, 0) is 14.9 Å². The monoisotopic (exact) mass is 470 g/mol. The molecule has 6 rings (SSSR count). The van der Waals surface area contributed by atoms with E-state index in [9.17, 15) is 9.59 Å². The Morgan fingerprint density at radius 1 is 0.694 bits per heavy atom. The summed E-state index contributed by atoms with van der Waals surface area (Å²) in [6.07, 6.45) is 0. The van der Waals surface area contributed by atoms with Crippen LogP contribution in [0.4, 0.5) is 0 Å². The maximum atomic E-state index is 13.6. The zero-order valence-electron chi connectivity index (χ0n) is 20.6. The predicted octanol–water partition coefficient (Wildman–Crippen LogP) is 7.22. The number of rotatable bonds is 4. The highest BCUT2D eigenvalue weighted by Gasteiger charge is 2.37. The van der Waals surface area contributed by atoms with Crippen molar-refractivity contribution < 1.29 is 14.3 Å². The zero-order chi connectivity index (χ0) is 25.0. The number of benzene rings is 4. The Morgan fingerprint density at radius 2 is 1.33 bits per heavy atom. The molecule has 2 aliphatic carbocycles. The number of esters is 1. The molecule has 0 aromatic heterocycles. The second kappa shape index (κ2) is 8.17. The molecule has 4 aromatic rings. The van der Waals surface area contributed by atoms with Crippen molar-refractivity contribution in [1.29, 1.82) is 0 Å². The van der Waals surface area contributed by atoms with Crippen molar-refractivity contribution in [3.63, 3.8) is 0 Å². The molecule has 3 heteroatoms. The van der Waals surface area contributed by atoms with Gasteiger partial charge in [0.2, 0.25) is 5.78 Å². The molecule has 3 nitrogen and oxygen atoms in total. The fraction of sp³-hybridized carbons (Fsp3) is 0.152.